The standard InChI is InChI=1S/C14H23NO2.ClH/c1-5-10-8-14(17-4)11(7-12(15)6-2)9-13(10)16-3;/h8-9,12H,5-7,15H2,1-4H3;1H. The van der Waals surface area contributed by atoms with E-state index < -0.39 is 0 Å². The first-order chi connectivity index (χ1) is 8.15. The molecule has 1 atom stereocenters. The van der Waals surface area contributed by atoms with Gasteiger partial charge >= 0.3 is 0 Å². The smallest absolute Gasteiger partial charge is 0.122 e. The van der Waals surface area contributed by atoms with Crippen LogP contribution in [0, 0.1) is 0 Å². The summed E-state index contributed by atoms with van der Waals surface area (Å²) in [5.74, 6) is 1.83. The van der Waals surface area contributed by atoms with Gasteiger partial charge in [0.1, 0.15) is 11.5 Å². The van der Waals surface area contributed by atoms with Gasteiger partial charge in [-0.3, -0.25) is 0 Å². The van der Waals surface area contributed by atoms with E-state index in [2.05, 4.69) is 19.9 Å². The summed E-state index contributed by atoms with van der Waals surface area (Å²) in [7, 11) is 3.40. The molecule has 0 aliphatic rings. The van der Waals surface area contributed by atoms with Crippen molar-refractivity contribution in [3.8, 4) is 11.5 Å². The molecule has 1 aromatic carbocycles. The number of methoxy groups -OCH3 is 2. The summed E-state index contributed by atoms with van der Waals surface area (Å²) in [5.41, 5.74) is 8.28. The van der Waals surface area contributed by atoms with Crippen LogP contribution in [0.5, 0.6) is 11.5 Å². The zero-order valence-corrected chi connectivity index (χ0v) is 12.5. The van der Waals surface area contributed by atoms with Crippen LogP contribution in [0.1, 0.15) is 31.4 Å². The van der Waals surface area contributed by atoms with Crippen LogP contribution in [0.15, 0.2) is 12.1 Å². The maximum atomic E-state index is 5.99. The third-order valence-corrected chi connectivity index (χ3v) is 3.07. The summed E-state index contributed by atoms with van der Waals surface area (Å²) in [6.45, 7) is 4.20. The molecule has 0 spiro atoms. The fourth-order valence-corrected chi connectivity index (χ4v) is 1.89. The maximum Gasteiger partial charge on any atom is 0.122 e. The van der Waals surface area contributed by atoms with E-state index in [0.717, 1.165) is 41.9 Å². The molecule has 0 aliphatic carbocycles. The lowest BCUT2D eigenvalue weighted by molar-refractivity contribution is 0.393. The Morgan fingerprint density at radius 2 is 1.56 bits per heavy atom. The van der Waals surface area contributed by atoms with Gasteiger partial charge in [0.2, 0.25) is 0 Å². The Bertz CT molecular complexity index is 369. The Labute approximate surface area is 116 Å². The predicted octanol–water partition coefficient (Wildman–Crippen LogP) is 2.97. The zero-order valence-electron chi connectivity index (χ0n) is 11.7. The Balaban J connectivity index is 0.00000289. The molecule has 0 aromatic heterocycles. The van der Waals surface area contributed by atoms with Crippen molar-refractivity contribution in [1.82, 2.24) is 0 Å². The quantitative estimate of drug-likeness (QED) is 0.867. The molecule has 3 nitrogen and oxygen atoms in total. The van der Waals surface area contributed by atoms with Crippen LogP contribution in [0.25, 0.3) is 0 Å². The summed E-state index contributed by atoms with van der Waals surface area (Å²) >= 11 is 0. The number of hydrogen-bond donors (Lipinski definition) is 1. The first-order valence-electron chi connectivity index (χ1n) is 6.15. The Morgan fingerprint density at radius 3 is 2.00 bits per heavy atom. The molecule has 0 aliphatic heterocycles. The van der Waals surface area contributed by atoms with E-state index in [1.807, 2.05) is 6.07 Å². The zero-order chi connectivity index (χ0) is 12.8. The topological polar surface area (TPSA) is 44.5 Å². The molecular formula is C14H24ClNO2. The highest BCUT2D eigenvalue weighted by Gasteiger charge is 2.12. The largest absolute Gasteiger partial charge is 0.496 e. The molecule has 0 saturated carbocycles. The highest BCUT2D eigenvalue weighted by molar-refractivity contribution is 5.85. The van der Waals surface area contributed by atoms with Gasteiger partial charge in [-0.1, -0.05) is 13.8 Å². The van der Waals surface area contributed by atoms with Gasteiger partial charge in [-0.05, 0) is 42.5 Å². The fraction of sp³-hybridized carbons (Fsp3) is 0.571. The minimum Gasteiger partial charge on any atom is -0.496 e. The normalized spacial score (nSPS) is 11.6. The highest BCUT2D eigenvalue weighted by atomic mass is 35.5. The first-order valence-corrected chi connectivity index (χ1v) is 6.15. The molecule has 0 amide bonds. The molecule has 0 bridgehead atoms. The third kappa shape index (κ3) is 4.07. The lowest BCUT2D eigenvalue weighted by Crippen LogP contribution is -2.21. The Kier molecular flexibility index (Phi) is 7.80. The molecule has 0 radical (unpaired) electrons. The molecule has 0 fully saturated rings. The van der Waals surface area contributed by atoms with Crippen LogP contribution in [-0.2, 0) is 12.8 Å². The Hall–Kier alpha value is -0.930. The van der Waals surface area contributed by atoms with Crippen molar-refractivity contribution in [2.24, 2.45) is 5.73 Å². The average Bonchev–Trinajstić information content (AvgIpc) is 2.37. The summed E-state index contributed by atoms with van der Waals surface area (Å²) < 4.78 is 10.8. The van der Waals surface area contributed by atoms with Crippen LogP contribution in [0.4, 0.5) is 0 Å². The number of rotatable bonds is 6. The molecule has 1 rings (SSSR count). The van der Waals surface area contributed by atoms with E-state index >= 15 is 0 Å². The number of hydrogen-bond acceptors (Lipinski definition) is 3. The van der Waals surface area contributed by atoms with Crippen LogP contribution in [-0.4, -0.2) is 20.3 Å². The van der Waals surface area contributed by atoms with Crippen LogP contribution >= 0.6 is 12.4 Å². The number of nitrogens with two attached hydrogens (primary N) is 1. The molecular weight excluding hydrogens is 250 g/mol. The second kappa shape index (κ2) is 8.22. The lowest BCUT2D eigenvalue weighted by Gasteiger charge is -2.16. The van der Waals surface area contributed by atoms with Crippen molar-refractivity contribution in [2.75, 3.05) is 14.2 Å². The summed E-state index contributed by atoms with van der Waals surface area (Å²) in [6, 6.07) is 4.27. The van der Waals surface area contributed by atoms with Gasteiger partial charge in [-0.25, -0.2) is 0 Å². The molecule has 4 heteroatoms. The van der Waals surface area contributed by atoms with E-state index in [9.17, 15) is 0 Å². The van der Waals surface area contributed by atoms with E-state index in [1.165, 1.54) is 0 Å². The van der Waals surface area contributed by atoms with Crippen molar-refractivity contribution >= 4 is 12.4 Å². The number of ether oxygens (including phenoxy) is 2. The van der Waals surface area contributed by atoms with E-state index in [1.54, 1.807) is 14.2 Å². The van der Waals surface area contributed by atoms with Gasteiger partial charge in [0.05, 0.1) is 14.2 Å². The maximum absolute atomic E-state index is 5.99. The average molecular weight is 274 g/mol. The minimum atomic E-state index is 0. The monoisotopic (exact) mass is 273 g/mol. The van der Waals surface area contributed by atoms with Crippen molar-refractivity contribution in [3.05, 3.63) is 23.3 Å². The summed E-state index contributed by atoms with van der Waals surface area (Å²) in [4.78, 5) is 0. The number of benzene rings is 1. The predicted molar refractivity (Wildman–Crippen MR) is 78.1 cm³/mol. The van der Waals surface area contributed by atoms with Crippen LogP contribution in [0.2, 0.25) is 0 Å². The lowest BCUT2D eigenvalue weighted by atomic mass is 10.00. The van der Waals surface area contributed by atoms with Gasteiger partial charge in [-0.2, -0.15) is 0 Å². The molecule has 2 N–H and O–H groups in total. The van der Waals surface area contributed by atoms with E-state index in [4.69, 9.17) is 15.2 Å². The van der Waals surface area contributed by atoms with Crippen molar-refractivity contribution in [2.45, 2.75) is 39.2 Å². The van der Waals surface area contributed by atoms with Gasteiger partial charge < -0.3 is 15.2 Å². The van der Waals surface area contributed by atoms with Crippen molar-refractivity contribution in [1.29, 1.82) is 0 Å². The number of halogens is 1. The molecule has 1 unspecified atom stereocenters. The Morgan fingerprint density at radius 1 is 1.06 bits per heavy atom. The molecule has 18 heavy (non-hydrogen) atoms. The van der Waals surface area contributed by atoms with Gasteiger partial charge in [0, 0.05) is 6.04 Å². The molecule has 104 valence electrons. The van der Waals surface area contributed by atoms with Gasteiger partial charge in [0.15, 0.2) is 0 Å². The van der Waals surface area contributed by atoms with Gasteiger partial charge in [0.25, 0.3) is 0 Å². The number of aryl methyl sites for hydroxylation is 1. The van der Waals surface area contributed by atoms with Crippen LogP contribution < -0.4 is 15.2 Å². The van der Waals surface area contributed by atoms with E-state index in [0.29, 0.717) is 0 Å². The molecule has 1 aromatic rings. The first kappa shape index (κ1) is 17.1. The summed E-state index contributed by atoms with van der Waals surface area (Å²) in [6.07, 6.45) is 2.71. The van der Waals surface area contributed by atoms with Crippen LogP contribution in [0.3, 0.4) is 0 Å². The third-order valence-electron chi connectivity index (χ3n) is 3.07. The second-order valence-corrected chi connectivity index (χ2v) is 4.20. The molecule has 0 heterocycles. The van der Waals surface area contributed by atoms with Gasteiger partial charge in [-0.15, -0.1) is 12.4 Å². The minimum absolute atomic E-state index is 0. The van der Waals surface area contributed by atoms with Crippen molar-refractivity contribution < 1.29 is 9.47 Å². The fourth-order valence-electron chi connectivity index (χ4n) is 1.89. The second-order valence-electron chi connectivity index (χ2n) is 4.20. The molecule has 0 saturated heterocycles. The van der Waals surface area contributed by atoms with Crippen molar-refractivity contribution in [3.63, 3.8) is 0 Å². The van der Waals surface area contributed by atoms with E-state index in [-0.39, 0.29) is 18.4 Å². The SMILES string of the molecule is CCc1cc(OC)c(CC(N)CC)cc1OC.Cl. The summed E-state index contributed by atoms with van der Waals surface area (Å²) in [5, 5.41) is 0. The highest BCUT2D eigenvalue weighted by Crippen LogP contribution is 2.30.